The zero-order valence-electron chi connectivity index (χ0n) is 19.0. The first-order valence-corrected chi connectivity index (χ1v) is 11.5. The van der Waals surface area contributed by atoms with Gasteiger partial charge in [0, 0.05) is 10.4 Å². The highest BCUT2D eigenvalue weighted by Gasteiger charge is 2.24. The van der Waals surface area contributed by atoms with Crippen molar-refractivity contribution in [3.63, 3.8) is 0 Å². The van der Waals surface area contributed by atoms with E-state index in [1.54, 1.807) is 13.8 Å². The lowest BCUT2D eigenvalue weighted by atomic mass is 10.0. The Labute approximate surface area is 186 Å². The highest BCUT2D eigenvalue weighted by Crippen LogP contribution is 2.36. The van der Waals surface area contributed by atoms with Gasteiger partial charge in [0.2, 0.25) is 0 Å². The molecule has 6 nitrogen and oxygen atoms in total. The first kappa shape index (κ1) is 23.0. The summed E-state index contributed by atoms with van der Waals surface area (Å²) in [5, 5.41) is 0.541. The van der Waals surface area contributed by atoms with E-state index in [1.807, 2.05) is 38.1 Å². The number of hydrogen-bond acceptors (Lipinski definition) is 6. The fourth-order valence-electron chi connectivity index (χ4n) is 3.58. The van der Waals surface area contributed by atoms with Crippen molar-refractivity contribution in [2.24, 2.45) is 5.92 Å². The van der Waals surface area contributed by atoms with Gasteiger partial charge in [-0.1, -0.05) is 26.0 Å². The minimum absolute atomic E-state index is 0.218. The van der Waals surface area contributed by atoms with Crippen LogP contribution in [0.4, 0.5) is 0 Å². The molecule has 0 bridgehead atoms. The number of fused-ring (bicyclic) bond motifs is 1. The minimum Gasteiger partial charge on any atom is -0.494 e. The van der Waals surface area contributed by atoms with Gasteiger partial charge in [-0.15, -0.1) is 11.3 Å². The Hall–Kier alpha value is -2.67. The lowest BCUT2D eigenvalue weighted by molar-refractivity contribution is -0.147. The minimum atomic E-state index is -0.745. The van der Waals surface area contributed by atoms with Crippen LogP contribution in [0.25, 0.3) is 21.3 Å². The van der Waals surface area contributed by atoms with Crippen molar-refractivity contribution in [1.82, 2.24) is 9.55 Å². The van der Waals surface area contributed by atoms with Crippen LogP contribution in [0.5, 0.6) is 5.75 Å². The zero-order valence-corrected chi connectivity index (χ0v) is 19.8. The van der Waals surface area contributed by atoms with Crippen LogP contribution < -0.4 is 10.3 Å². The highest BCUT2D eigenvalue weighted by atomic mass is 32.1. The molecule has 7 heteroatoms. The van der Waals surface area contributed by atoms with Gasteiger partial charge >= 0.3 is 5.97 Å². The van der Waals surface area contributed by atoms with E-state index in [2.05, 4.69) is 18.8 Å². The lowest BCUT2D eigenvalue weighted by Gasteiger charge is -2.17. The number of hydrogen-bond donors (Lipinski definition) is 0. The van der Waals surface area contributed by atoms with Gasteiger partial charge in [-0.05, 0) is 57.7 Å². The molecule has 0 aliphatic carbocycles. The maximum Gasteiger partial charge on any atom is 0.329 e. The second kappa shape index (κ2) is 9.64. The maximum absolute atomic E-state index is 13.6. The number of rotatable bonds is 8. The number of carbonyl (C=O) groups is 1. The third kappa shape index (κ3) is 4.82. The number of aryl methyl sites for hydroxylation is 2. The predicted octanol–water partition coefficient (Wildman–Crippen LogP) is 5.29. The van der Waals surface area contributed by atoms with Crippen LogP contribution in [0, 0.1) is 19.8 Å². The van der Waals surface area contributed by atoms with Crippen molar-refractivity contribution in [3.05, 3.63) is 45.3 Å². The molecule has 1 atom stereocenters. The number of aromatic nitrogens is 2. The summed E-state index contributed by atoms with van der Waals surface area (Å²) in [6, 6.07) is 6.96. The van der Waals surface area contributed by atoms with Gasteiger partial charge in [-0.3, -0.25) is 9.36 Å². The van der Waals surface area contributed by atoms with Crippen LogP contribution in [0.1, 0.15) is 50.9 Å². The second-order valence-electron chi connectivity index (χ2n) is 8.03. The molecule has 3 aromatic rings. The van der Waals surface area contributed by atoms with Crippen molar-refractivity contribution in [1.29, 1.82) is 0 Å². The van der Waals surface area contributed by atoms with Gasteiger partial charge < -0.3 is 9.47 Å². The highest BCUT2D eigenvalue weighted by molar-refractivity contribution is 7.19. The maximum atomic E-state index is 13.6. The van der Waals surface area contributed by atoms with Crippen LogP contribution in [0.2, 0.25) is 0 Å². The third-order valence-corrected chi connectivity index (χ3v) is 6.23. The van der Waals surface area contributed by atoms with Crippen LogP contribution in [0.15, 0.2) is 29.1 Å². The number of esters is 1. The molecule has 0 saturated heterocycles. The molecule has 1 unspecified atom stereocenters. The average molecular weight is 443 g/mol. The van der Waals surface area contributed by atoms with E-state index in [-0.39, 0.29) is 5.56 Å². The first-order valence-electron chi connectivity index (χ1n) is 10.7. The normalized spacial score (nSPS) is 12.4. The standard InChI is InChI=1S/C24H30N2O4S/c1-7-29-19-10-8-18(9-11-19)20-16(5)31-22-21(20)23(27)26(17(6)25-22)15(4)24(28)30-13-12-14(2)3/h8-11,14-15H,7,12-13H2,1-6H3. The van der Waals surface area contributed by atoms with E-state index < -0.39 is 12.0 Å². The van der Waals surface area contributed by atoms with Gasteiger partial charge in [0.05, 0.1) is 18.6 Å². The number of benzene rings is 1. The van der Waals surface area contributed by atoms with E-state index in [1.165, 1.54) is 15.9 Å². The molecule has 1 aromatic carbocycles. The van der Waals surface area contributed by atoms with Crippen molar-refractivity contribution in [2.75, 3.05) is 13.2 Å². The summed E-state index contributed by atoms with van der Waals surface area (Å²) in [6.07, 6.45) is 0.787. The molecule has 0 amide bonds. The van der Waals surface area contributed by atoms with Gasteiger partial charge in [-0.2, -0.15) is 0 Å². The van der Waals surface area contributed by atoms with E-state index in [4.69, 9.17) is 9.47 Å². The quantitative estimate of drug-likeness (QED) is 0.443. The Kier molecular flexibility index (Phi) is 7.15. The SMILES string of the molecule is CCOc1ccc(-c2c(C)sc3nc(C)n(C(C)C(=O)OCCC(C)C)c(=O)c23)cc1. The van der Waals surface area contributed by atoms with E-state index in [0.717, 1.165) is 28.2 Å². The van der Waals surface area contributed by atoms with Crippen molar-refractivity contribution < 1.29 is 14.3 Å². The summed E-state index contributed by atoms with van der Waals surface area (Å²) >= 11 is 1.49. The number of carbonyl (C=O) groups excluding carboxylic acids is 1. The number of nitrogens with zero attached hydrogens (tertiary/aromatic N) is 2. The molecule has 0 N–H and O–H groups in total. The van der Waals surface area contributed by atoms with Gasteiger partial charge in [0.15, 0.2) is 0 Å². The van der Waals surface area contributed by atoms with E-state index in [0.29, 0.717) is 35.2 Å². The van der Waals surface area contributed by atoms with E-state index in [9.17, 15) is 9.59 Å². The smallest absolute Gasteiger partial charge is 0.329 e. The Balaban J connectivity index is 2.04. The Morgan fingerprint density at radius 2 is 1.84 bits per heavy atom. The molecule has 0 radical (unpaired) electrons. The van der Waals surface area contributed by atoms with Gasteiger partial charge in [0.1, 0.15) is 22.4 Å². The largest absolute Gasteiger partial charge is 0.494 e. The van der Waals surface area contributed by atoms with Crippen LogP contribution in [-0.2, 0) is 9.53 Å². The Morgan fingerprint density at radius 3 is 2.45 bits per heavy atom. The fourth-order valence-corrected chi connectivity index (χ4v) is 4.67. The molecule has 0 spiro atoms. The summed E-state index contributed by atoms with van der Waals surface area (Å²) in [5.41, 5.74) is 1.56. The zero-order chi connectivity index (χ0) is 22.7. The summed E-state index contributed by atoms with van der Waals surface area (Å²) in [4.78, 5) is 32.5. The first-order chi connectivity index (χ1) is 14.7. The lowest BCUT2D eigenvalue weighted by Crippen LogP contribution is -2.32. The molecule has 2 aromatic heterocycles. The van der Waals surface area contributed by atoms with Crippen LogP contribution in [0.3, 0.4) is 0 Å². The average Bonchev–Trinajstić information content (AvgIpc) is 3.04. The topological polar surface area (TPSA) is 70.4 Å². The molecule has 166 valence electrons. The molecule has 3 rings (SSSR count). The van der Waals surface area contributed by atoms with Crippen LogP contribution in [-0.4, -0.2) is 28.7 Å². The third-order valence-electron chi connectivity index (χ3n) is 5.23. The van der Waals surface area contributed by atoms with Crippen LogP contribution >= 0.6 is 11.3 Å². The van der Waals surface area contributed by atoms with Gasteiger partial charge in [-0.25, -0.2) is 9.78 Å². The monoisotopic (exact) mass is 442 g/mol. The molecular formula is C24H30N2O4S. The number of thiophene rings is 1. The molecule has 0 aliphatic heterocycles. The fraction of sp³-hybridized carbons (Fsp3) is 0.458. The summed E-state index contributed by atoms with van der Waals surface area (Å²) in [7, 11) is 0. The van der Waals surface area contributed by atoms with Crippen molar-refractivity contribution in [2.45, 2.75) is 54.0 Å². The Bertz CT molecular complexity index is 1130. The summed E-state index contributed by atoms with van der Waals surface area (Å²) in [5.74, 6) is 1.32. The molecule has 0 aliphatic rings. The predicted molar refractivity (Wildman–Crippen MR) is 125 cm³/mol. The molecule has 0 saturated carbocycles. The second-order valence-corrected chi connectivity index (χ2v) is 9.23. The van der Waals surface area contributed by atoms with E-state index >= 15 is 0 Å². The summed E-state index contributed by atoms with van der Waals surface area (Å²) in [6.45, 7) is 12.5. The molecule has 2 heterocycles. The molecule has 0 fully saturated rings. The van der Waals surface area contributed by atoms with Crippen molar-refractivity contribution in [3.8, 4) is 16.9 Å². The Morgan fingerprint density at radius 1 is 1.16 bits per heavy atom. The van der Waals surface area contributed by atoms with Gasteiger partial charge in [0.25, 0.3) is 5.56 Å². The number of ether oxygens (including phenoxy) is 2. The summed E-state index contributed by atoms with van der Waals surface area (Å²) < 4.78 is 12.4. The molecular weight excluding hydrogens is 412 g/mol. The van der Waals surface area contributed by atoms with Crippen molar-refractivity contribution >= 4 is 27.5 Å². The molecule has 31 heavy (non-hydrogen) atoms.